The Morgan fingerprint density at radius 1 is 1.22 bits per heavy atom. The molecule has 0 bridgehead atoms. The molecule has 0 saturated carbocycles. The molecular formula is C10H17ClN6O. The van der Waals surface area contributed by atoms with Crippen molar-refractivity contribution in [3.8, 4) is 0 Å². The molecule has 0 spiro atoms. The summed E-state index contributed by atoms with van der Waals surface area (Å²) in [5, 5.41) is 5.90. The molecule has 18 heavy (non-hydrogen) atoms. The first-order valence-corrected chi connectivity index (χ1v) is 6.00. The van der Waals surface area contributed by atoms with Gasteiger partial charge in [-0.1, -0.05) is 6.92 Å². The lowest BCUT2D eigenvalue weighted by molar-refractivity contribution is -0.126. The summed E-state index contributed by atoms with van der Waals surface area (Å²) in [6.45, 7) is 2.89. The summed E-state index contributed by atoms with van der Waals surface area (Å²) < 4.78 is 0. The Labute approximate surface area is 111 Å². The lowest BCUT2D eigenvalue weighted by atomic mass is 10.5. The van der Waals surface area contributed by atoms with Crippen LogP contribution in [0.4, 0.5) is 11.9 Å². The second-order valence-electron chi connectivity index (χ2n) is 3.82. The van der Waals surface area contributed by atoms with Crippen molar-refractivity contribution in [2.24, 2.45) is 0 Å². The van der Waals surface area contributed by atoms with Gasteiger partial charge in [0.2, 0.25) is 23.1 Å². The topological polar surface area (TPSA) is 83.0 Å². The average molecular weight is 273 g/mol. The number of carbonyl (C=O) groups excluding carboxylic acids is 1. The van der Waals surface area contributed by atoms with Crippen molar-refractivity contribution in [3.63, 3.8) is 0 Å². The van der Waals surface area contributed by atoms with E-state index in [9.17, 15) is 4.79 Å². The summed E-state index contributed by atoms with van der Waals surface area (Å²) in [7, 11) is 3.36. The Kier molecular flexibility index (Phi) is 5.57. The third-order valence-electron chi connectivity index (χ3n) is 2.04. The van der Waals surface area contributed by atoms with Crippen LogP contribution in [0.15, 0.2) is 0 Å². The zero-order chi connectivity index (χ0) is 13.5. The van der Waals surface area contributed by atoms with E-state index >= 15 is 0 Å². The van der Waals surface area contributed by atoms with Gasteiger partial charge in [-0.3, -0.25) is 4.79 Å². The molecule has 1 aromatic rings. The molecule has 2 N–H and O–H groups in total. The quantitative estimate of drug-likeness (QED) is 0.799. The van der Waals surface area contributed by atoms with Gasteiger partial charge in [0.15, 0.2) is 0 Å². The molecule has 0 aromatic carbocycles. The molecular weight excluding hydrogens is 256 g/mol. The molecule has 1 heterocycles. The molecule has 1 aromatic heterocycles. The third kappa shape index (κ3) is 4.70. The second kappa shape index (κ2) is 6.95. The number of likely N-dealkylation sites (N-methyl/N-ethyl adjacent to an activating group) is 1. The molecule has 0 aliphatic heterocycles. The van der Waals surface area contributed by atoms with Gasteiger partial charge in [-0.05, 0) is 18.0 Å². The average Bonchev–Trinajstić information content (AvgIpc) is 2.32. The molecule has 0 atom stereocenters. The Hall–Kier alpha value is -1.63. The van der Waals surface area contributed by atoms with Gasteiger partial charge >= 0.3 is 0 Å². The van der Waals surface area contributed by atoms with Gasteiger partial charge < -0.3 is 15.5 Å². The van der Waals surface area contributed by atoms with Crippen molar-refractivity contribution in [1.29, 1.82) is 0 Å². The minimum absolute atomic E-state index is 0.0744. The molecule has 8 heteroatoms. The highest BCUT2D eigenvalue weighted by atomic mass is 35.5. The predicted octanol–water partition coefficient (Wildman–Crippen LogP) is 0.847. The van der Waals surface area contributed by atoms with Gasteiger partial charge in [0.25, 0.3) is 0 Å². The Bertz CT molecular complexity index is 411. The number of halogens is 1. The molecule has 1 rings (SSSR count). The predicted molar refractivity (Wildman–Crippen MR) is 70.8 cm³/mol. The van der Waals surface area contributed by atoms with Crippen LogP contribution in [0.1, 0.15) is 13.3 Å². The summed E-state index contributed by atoms with van der Waals surface area (Å²) in [6, 6.07) is 0. The van der Waals surface area contributed by atoms with Gasteiger partial charge in [-0.2, -0.15) is 15.0 Å². The molecule has 0 aliphatic carbocycles. The number of hydrogen-bond acceptors (Lipinski definition) is 6. The van der Waals surface area contributed by atoms with Crippen molar-refractivity contribution in [2.75, 3.05) is 37.8 Å². The second-order valence-corrected chi connectivity index (χ2v) is 4.16. The minimum atomic E-state index is -0.0744. The maximum absolute atomic E-state index is 11.4. The van der Waals surface area contributed by atoms with Crippen LogP contribution in [0.5, 0.6) is 0 Å². The fourth-order valence-corrected chi connectivity index (χ4v) is 1.22. The number of carbonyl (C=O) groups is 1. The fourth-order valence-electron chi connectivity index (χ4n) is 1.06. The lowest BCUT2D eigenvalue weighted by Gasteiger charge is -2.11. The maximum atomic E-state index is 11.4. The van der Waals surface area contributed by atoms with E-state index in [1.807, 2.05) is 6.92 Å². The van der Waals surface area contributed by atoms with E-state index in [1.54, 1.807) is 14.1 Å². The standard InChI is InChI=1S/C10H17ClN6O/c1-4-5-12-9-14-8(11)15-10(16-9)13-6-7(18)17(2)3/h4-6H2,1-3H3,(H2,12,13,14,15,16). The van der Waals surface area contributed by atoms with Crippen molar-refractivity contribution in [1.82, 2.24) is 19.9 Å². The number of rotatable bonds is 6. The molecule has 100 valence electrons. The highest BCUT2D eigenvalue weighted by Gasteiger charge is 2.07. The molecule has 0 fully saturated rings. The molecule has 7 nitrogen and oxygen atoms in total. The largest absolute Gasteiger partial charge is 0.354 e. The normalized spacial score (nSPS) is 10.0. The molecule has 0 unspecified atom stereocenters. The summed E-state index contributed by atoms with van der Waals surface area (Å²) in [5.41, 5.74) is 0. The van der Waals surface area contributed by atoms with Crippen LogP contribution in [-0.4, -0.2) is 52.9 Å². The summed E-state index contributed by atoms with van der Waals surface area (Å²) in [5.74, 6) is 0.607. The van der Waals surface area contributed by atoms with Crippen LogP contribution >= 0.6 is 11.6 Å². The highest BCUT2D eigenvalue weighted by Crippen LogP contribution is 2.09. The smallest absolute Gasteiger partial charge is 0.241 e. The summed E-state index contributed by atoms with van der Waals surface area (Å²) >= 11 is 5.77. The number of hydrogen-bond donors (Lipinski definition) is 2. The zero-order valence-corrected chi connectivity index (χ0v) is 11.5. The monoisotopic (exact) mass is 272 g/mol. The van der Waals surface area contributed by atoms with E-state index in [-0.39, 0.29) is 23.7 Å². The van der Waals surface area contributed by atoms with Crippen LogP contribution in [0.2, 0.25) is 5.28 Å². The minimum Gasteiger partial charge on any atom is -0.354 e. The number of amides is 1. The van der Waals surface area contributed by atoms with Gasteiger partial charge in [0.05, 0.1) is 6.54 Å². The maximum Gasteiger partial charge on any atom is 0.241 e. The van der Waals surface area contributed by atoms with Gasteiger partial charge in [-0.25, -0.2) is 0 Å². The van der Waals surface area contributed by atoms with E-state index in [2.05, 4.69) is 25.6 Å². The van der Waals surface area contributed by atoms with E-state index in [0.29, 0.717) is 5.95 Å². The van der Waals surface area contributed by atoms with Crippen molar-refractivity contribution < 1.29 is 4.79 Å². The van der Waals surface area contributed by atoms with Crippen molar-refractivity contribution >= 4 is 29.4 Å². The SMILES string of the molecule is CCCNc1nc(Cl)nc(NCC(=O)N(C)C)n1. The first-order chi connectivity index (χ1) is 8.52. The first kappa shape index (κ1) is 14.4. The van der Waals surface area contributed by atoms with E-state index < -0.39 is 0 Å². The fraction of sp³-hybridized carbons (Fsp3) is 0.600. The van der Waals surface area contributed by atoms with Crippen LogP contribution in [-0.2, 0) is 4.79 Å². The van der Waals surface area contributed by atoms with E-state index in [4.69, 9.17) is 11.6 Å². The van der Waals surface area contributed by atoms with E-state index in [1.165, 1.54) is 4.90 Å². The molecule has 0 aliphatic rings. The Morgan fingerprint density at radius 2 is 1.83 bits per heavy atom. The first-order valence-electron chi connectivity index (χ1n) is 5.62. The summed E-state index contributed by atoms with van der Waals surface area (Å²) in [6.07, 6.45) is 0.950. The Balaban J connectivity index is 2.65. The molecule has 1 amide bonds. The van der Waals surface area contributed by atoms with Crippen molar-refractivity contribution in [3.05, 3.63) is 5.28 Å². The van der Waals surface area contributed by atoms with Gasteiger partial charge in [0.1, 0.15) is 0 Å². The highest BCUT2D eigenvalue weighted by molar-refractivity contribution is 6.28. The third-order valence-corrected chi connectivity index (χ3v) is 2.21. The zero-order valence-electron chi connectivity index (χ0n) is 10.7. The lowest BCUT2D eigenvalue weighted by Crippen LogP contribution is -2.29. The molecule has 0 radical (unpaired) electrons. The van der Waals surface area contributed by atoms with E-state index in [0.717, 1.165) is 13.0 Å². The number of nitrogens with zero attached hydrogens (tertiary/aromatic N) is 4. The van der Waals surface area contributed by atoms with Crippen LogP contribution in [0.25, 0.3) is 0 Å². The van der Waals surface area contributed by atoms with Crippen LogP contribution in [0.3, 0.4) is 0 Å². The Morgan fingerprint density at radius 3 is 2.39 bits per heavy atom. The number of anilines is 2. The van der Waals surface area contributed by atoms with Gasteiger partial charge in [0, 0.05) is 20.6 Å². The van der Waals surface area contributed by atoms with Crippen LogP contribution in [0, 0.1) is 0 Å². The van der Waals surface area contributed by atoms with Gasteiger partial charge in [-0.15, -0.1) is 0 Å². The molecule has 0 saturated heterocycles. The van der Waals surface area contributed by atoms with Crippen molar-refractivity contribution in [2.45, 2.75) is 13.3 Å². The number of nitrogens with one attached hydrogen (secondary N) is 2. The summed E-state index contributed by atoms with van der Waals surface area (Å²) in [4.78, 5) is 24.8. The number of aromatic nitrogens is 3. The van der Waals surface area contributed by atoms with Crippen LogP contribution < -0.4 is 10.6 Å².